The lowest BCUT2D eigenvalue weighted by atomic mass is 9.80. The molecule has 4 rings (SSSR count). The lowest BCUT2D eigenvalue weighted by Gasteiger charge is -2.41. The average molecular weight is 428 g/mol. The van der Waals surface area contributed by atoms with Gasteiger partial charge in [-0.15, -0.1) is 24.8 Å². The fourth-order valence-electron chi connectivity index (χ4n) is 4.35. The van der Waals surface area contributed by atoms with Crippen molar-refractivity contribution < 1.29 is 4.79 Å². The summed E-state index contributed by atoms with van der Waals surface area (Å²) in [6.07, 6.45) is 7.99. The number of nitrogens with one attached hydrogen (secondary N) is 3. The highest BCUT2D eigenvalue weighted by Gasteiger charge is 2.32. The highest BCUT2D eigenvalue weighted by Crippen LogP contribution is 2.26. The van der Waals surface area contributed by atoms with E-state index in [4.69, 9.17) is 0 Å². The summed E-state index contributed by atoms with van der Waals surface area (Å²) in [5.74, 6) is 1.64. The topological polar surface area (TPSA) is 70.5 Å². The van der Waals surface area contributed by atoms with Crippen LogP contribution in [0.3, 0.4) is 0 Å². The number of imidazole rings is 1. The Kier molecular flexibility index (Phi) is 8.56. The lowest BCUT2D eigenvalue weighted by Crippen LogP contribution is -2.54. The number of nitrogens with zero attached hydrogens (tertiary/aromatic N) is 2. The van der Waals surface area contributed by atoms with Crippen LogP contribution in [0.25, 0.3) is 5.65 Å². The molecule has 2 aliphatic rings. The average Bonchev–Trinajstić information content (AvgIpc) is 3.04. The fraction of sp³-hybridized carbons (Fsp3) is 0.600. The highest BCUT2D eigenvalue weighted by atomic mass is 35.5. The molecule has 4 heterocycles. The normalized spacial score (nSPS) is 23.5. The Hall–Kier alpha value is -1.34. The van der Waals surface area contributed by atoms with Gasteiger partial charge in [0.25, 0.3) is 0 Å². The third-order valence-electron chi connectivity index (χ3n) is 5.75. The van der Waals surface area contributed by atoms with Crippen molar-refractivity contribution in [3.05, 3.63) is 35.8 Å². The molecular formula is C20H31Cl2N5O. The first kappa shape index (κ1) is 22.9. The van der Waals surface area contributed by atoms with Crippen molar-refractivity contribution in [3.8, 4) is 0 Å². The van der Waals surface area contributed by atoms with Crippen LogP contribution in [0.2, 0.25) is 0 Å². The number of aryl methyl sites for hydroxylation is 1. The van der Waals surface area contributed by atoms with Gasteiger partial charge < -0.3 is 20.4 Å². The van der Waals surface area contributed by atoms with Gasteiger partial charge in [0, 0.05) is 24.9 Å². The number of pyridine rings is 1. The van der Waals surface area contributed by atoms with Gasteiger partial charge in [0.15, 0.2) is 0 Å². The van der Waals surface area contributed by atoms with E-state index in [1.165, 1.54) is 12.0 Å². The number of piperidine rings is 2. The second kappa shape index (κ2) is 10.4. The number of halogens is 2. The molecule has 2 bridgehead atoms. The van der Waals surface area contributed by atoms with Crippen LogP contribution in [-0.4, -0.2) is 41.0 Å². The van der Waals surface area contributed by atoms with Crippen LogP contribution in [0.4, 0.5) is 0 Å². The van der Waals surface area contributed by atoms with Gasteiger partial charge in [-0.05, 0) is 69.3 Å². The zero-order valence-electron chi connectivity index (χ0n) is 16.3. The maximum absolute atomic E-state index is 12.2. The van der Waals surface area contributed by atoms with Gasteiger partial charge in [-0.25, -0.2) is 4.98 Å². The molecule has 28 heavy (non-hydrogen) atoms. The lowest BCUT2D eigenvalue weighted by molar-refractivity contribution is -0.121. The third kappa shape index (κ3) is 5.60. The Labute approximate surface area is 179 Å². The van der Waals surface area contributed by atoms with Crippen molar-refractivity contribution >= 4 is 36.4 Å². The number of aromatic nitrogens is 2. The summed E-state index contributed by atoms with van der Waals surface area (Å²) >= 11 is 0. The SMILES string of the molecule is Cc1ccc2nc(CNC(=O)CCC[C@@H]3NC[C@@H]4CNC[C@H]3C4)cn2c1.Cl.Cl. The van der Waals surface area contributed by atoms with Crippen molar-refractivity contribution in [1.29, 1.82) is 0 Å². The van der Waals surface area contributed by atoms with Gasteiger partial charge in [-0.3, -0.25) is 4.79 Å². The monoisotopic (exact) mass is 427 g/mol. The van der Waals surface area contributed by atoms with Crippen molar-refractivity contribution in [2.24, 2.45) is 11.8 Å². The van der Waals surface area contributed by atoms with E-state index >= 15 is 0 Å². The minimum Gasteiger partial charge on any atom is -0.350 e. The van der Waals surface area contributed by atoms with Gasteiger partial charge in [0.05, 0.1) is 12.2 Å². The fourth-order valence-corrected chi connectivity index (χ4v) is 4.35. The largest absolute Gasteiger partial charge is 0.350 e. The molecule has 2 aromatic heterocycles. The standard InChI is InChI=1S/C20H29N5O.2ClH/c1-14-5-6-19-24-17(13-25(19)12-14)11-23-20(26)4-2-3-18-16-7-15(9-22-18)8-21-10-16;;/h5-6,12-13,15-16,18,21-22H,2-4,7-11H2,1H3,(H,23,26);2*1H/t15-,16+,18-;;/m0../s1. The van der Waals surface area contributed by atoms with Crippen molar-refractivity contribution in [3.63, 3.8) is 0 Å². The van der Waals surface area contributed by atoms with Crippen LogP contribution in [0, 0.1) is 18.8 Å². The van der Waals surface area contributed by atoms with Crippen molar-refractivity contribution in [2.75, 3.05) is 19.6 Å². The number of hydrogen-bond donors (Lipinski definition) is 3. The predicted molar refractivity (Wildman–Crippen MR) is 116 cm³/mol. The van der Waals surface area contributed by atoms with Gasteiger partial charge in [0.1, 0.15) is 5.65 Å². The van der Waals surface area contributed by atoms with E-state index in [0.717, 1.165) is 55.7 Å². The van der Waals surface area contributed by atoms with Crippen LogP contribution in [0.1, 0.15) is 36.9 Å². The Bertz CT molecular complexity index is 781. The molecule has 0 aromatic carbocycles. The maximum Gasteiger partial charge on any atom is 0.220 e. The van der Waals surface area contributed by atoms with Crippen molar-refractivity contribution in [1.82, 2.24) is 25.3 Å². The molecule has 2 aliphatic heterocycles. The van der Waals surface area contributed by atoms with Crippen LogP contribution in [-0.2, 0) is 11.3 Å². The van der Waals surface area contributed by atoms with E-state index < -0.39 is 0 Å². The van der Waals surface area contributed by atoms with Crippen LogP contribution >= 0.6 is 24.8 Å². The van der Waals surface area contributed by atoms with Crippen LogP contribution < -0.4 is 16.0 Å². The molecule has 0 radical (unpaired) electrons. The first-order valence-electron chi connectivity index (χ1n) is 9.82. The second-order valence-corrected chi connectivity index (χ2v) is 7.91. The first-order valence-corrected chi connectivity index (χ1v) is 9.82. The molecule has 0 aliphatic carbocycles. The molecule has 0 spiro atoms. The van der Waals surface area contributed by atoms with E-state index in [1.54, 1.807) is 0 Å². The van der Waals surface area contributed by atoms with Gasteiger partial charge in [0.2, 0.25) is 5.91 Å². The molecule has 1 amide bonds. The molecule has 2 saturated heterocycles. The number of rotatable bonds is 6. The molecule has 0 unspecified atom stereocenters. The molecule has 2 fully saturated rings. The molecule has 3 N–H and O–H groups in total. The molecule has 2 aromatic rings. The summed E-state index contributed by atoms with van der Waals surface area (Å²) in [7, 11) is 0. The first-order chi connectivity index (χ1) is 12.7. The van der Waals surface area contributed by atoms with Gasteiger partial charge in [-0.2, -0.15) is 0 Å². The van der Waals surface area contributed by atoms with Gasteiger partial charge in [-0.1, -0.05) is 6.07 Å². The minimum atomic E-state index is 0. The maximum atomic E-state index is 12.2. The van der Waals surface area contributed by atoms with E-state index in [1.807, 2.05) is 22.7 Å². The summed E-state index contributed by atoms with van der Waals surface area (Å²) in [5.41, 5.74) is 3.01. The molecule has 156 valence electrons. The Morgan fingerprint density at radius 1 is 1.25 bits per heavy atom. The van der Waals surface area contributed by atoms with Crippen molar-refractivity contribution in [2.45, 2.75) is 45.2 Å². The van der Waals surface area contributed by atoms with E-state index in [2.05, 4.69) is 34.1 Å². The Morgan fingerprint density at radius 3 is 2.96 bits per heavy atom. The van der Waals surface area contributed by atoms with E-state index in [0.29, 0.717) is 19.0 Å². The molecule has 6 nitrogen and oxygen atoms in total. The summed E-state index contributed by atoms with van der Waals surface area (Å²) in [6.45, 7) is 5.95. The summed E-state index contributed by atoms with van der Waals surface area (Å²) < 4.78 is 2.01. The van der Waals surface area contributed by atoms with Crippen LogP contribution in [0.5, 0.6) is 0 Å². The highest BCUT2D eigenvalue weighted by molar-refractivity contribution is 5.85. The Morgan fingerprint density at radius 2 is 2.11 bits per heavy atom. The molecule has 8 heteroatoms. The smallest absolute Gasteiger partial charge is 0.220 e. The summed E-state index contributed by atoms with van der Waals surface area (Å²) in [6, 6.07) is 4.62. The number of hydrogen-bond acceptors (Lipinski definition) is 4. The number of carbonyl (C=O) groups is 1. The van der Waals surface area contributed by atoms with E-state index in [9.17, 15) is 4.79 Å². The minimum absolute atomic E-state index is 0. The number of carbonyl (C=O) groups excluding carboxylic acids is 1. The molecule has 3 atom stereocenters. The summed E-state index contributed by atoms with van der Waals surface area (Å²) in [4.78, 5) is 16.7. The van der Waals surface area contributed by atoms with Crippen LogP contribution in [0.15, 0.2) is 24.5 Å². The second-order valence-electron chi connectivity index (χ2n) is 7.91. The third-order valence-corrected chi connectivity index (χ3v) is 5.75. The quantitative estimate of drug-likeness (QED) is 0.661. The predicted octanol–water partition coefficient (Wildman–Crippen LogP) is 2.47. The van der Waals surface area contributed by atoms with E-state index in [-0.39, 0.29) is 30.7 Å². The van der Waals surface area contributed by atoms with Gasteiger partial charge >= 0.3 is 0 Å². The molecular weight excluding hydrogens is 397 g/mol. The zero-order chi connectivity index (χ0) is 17.9. The number of amides is 1. The summed E-state index contributed by atoms with van der Waals surface area (Å²) in [5, 5.41) is 10.2. The zero-order valence-corrected chi connectivity index (χ0v) is 18.0. The Balaban J connectivity index is 0.00000140. The number of fused-ring (bicyclic) bond motifs is 3. The molecule has 0 saturated carbocycles.